The summed E-state index contributed by atoms with van der Waals surface area (Å²) in [4.78, 5) is 0. The average molecular weight is 170 g/mol. The summed E-state index contributed by atoms with van der Waals surface area (Å²) in [5.41, 5.74) is 0. The fourth-order valence-corrected chi connectivity index (χ4v) is 0. The monoisotopic (exact) mass is 169 g/mol. The first kappa shape index (κ1) is 29.7. The second kappa shape index (κ2) is 17.2. The van der Waals surface area contributed by atoms with Crippen LogP contribution < -0.4 is 24.8 Å². The van der Waals surface area contributed by atoms with E-state index in [2.05, 4.69) is 0 Å². The molecule has 0 saturated carbocycles. The third-order valence-corrected chi connectivity index (χ3v) is 0. The molecule has 25 valence electrons. The van der Waals surface area contributed by atoms with Crippen molar-refractivity contribution >= 4 is 51.4 Å². The summed E-state index contributed by atoms with van der Waals surface area (Å²) in [6.45, 7) is 0. The van der Waals surface area contributed by atoms with Gasteiger partial charge in [0.15, 0.2) is 0 Å². The molecule has 0 rings (SSSR count). The van der Waals surface area contributed by atoms with Crippen LogP contribution in [0.2, 0.25) is 0 Å². The summed E-state index contributed by atoms with van der Waals surface area (Å²) in [6.07, 6.45) is 0. The Morgan fingerprint density at radius 2 is 0.750 bits per heavy atom. The number of rotatable bonds is 0. The second-order valence-electron chi connectivity index (χ2n) is 0. The van der Waals surface area contributed by atoms with Crippen molar-refractivity contribution in [2.45, 2.75) is 0 Å². The number of hydrogen-bond acceptors (Lipinski definition) is 0. The first-order valence-corrected chi connectivity index (χ1v) is 0. The molecule has 0 aromatic carbocycles. The molecule has 0 aliphatic rings. The molecule has 0 fully saturated rings. The first-order chi connectivity index (χ1) is 0. The van der Waals surface area contributed by atoms with E-state index in [-0.39, 0.29) is 93.0 Å². The predicted octanol–water partition coefficient (Wildman–Crippen LogP) is -6.64. The van der Waals surface area contributed by atoms with Gasteiger partial charge in [0, 0.05) is 0 Å². The third kappa shape index (κ3) is 8.83. The number of hydrogen-bond donors (Lipinski definition) is 0. The van der Waals surface area contributed by atoms with Crippen LogP contribution in [-0.2, 0) is 16.8 Å². The molecule has 0 aromatic rings. The normalized spacial score (nSPS) is 0. The molecule has 0 aliphatic heterocycles. The van der Waals surface area contributed by atoms with Crippen molar-refractivity contribution in [1.82, 2.24) is 0 Å². The standard InChI is InChI=1S/2ClH.Co.K.H/h2*1H;;;/q;;+2;;/p-2. The van der Waals surface area contributed by atoms with Crippen LogP contribution in [0.1, 0.15) is 0 Å². The molecular formula is HCl2CoK. The summed E-state index contributed by atoms with van der Waals surface area (Å²) in [5.74, 6) is 0. The number of halogens is 2. The maximum absolute atomic E-state index is 0. The Bertz CT molecular complexity index is 6.00. The summed E-state index contributed by atoms with van der Waals surface area (Å²) in [7, 11) is 0. The molecule has 0 amide bonds. The molecule has 4 heavy (non-hydrogen) atoms. The van der Waals surface area contributed by atoms with Gasteiger partial charge in [-0.15, -0.1) is 0 Å². The fourth-order valence-electron chi connectivity index (χ4n) is 0. The Kier molecular flexibility index (Phi) is 128. The van der Waals surface area contributed by atoms with E-state index in [0.717, 1.165) is 0 Å². The Balaban J connectivity index is 0. The van der Waals surface area contributed by atoms with Crippen LogP contribution in [0, 0.1) is 0 Å². The summed E-state index contributed by atoms with van der Waals surface area (Å²) >= 11 is 0. The topological polar surface area (TPSA) is 0 Å². The van der Waals surface area contributed by atoms with Crippen LogP contribution >= 0.6 is 0 Å². The first-order valence-electron chi connectivity index (χ1n) is 0. The summed E-state index contributed by atoms with van der Waals surface area (Å²) in [5, 5.41) is 0. The van der Waals surface area contributed by atoms with Crippen LogP contribution in [-0.4, -0.2) is 51.4 Å². The minimum atomic E-state index is 0. The van der Waals surface area contributed by atoms with Crippen LogP contribution in [0.4, 0.5) is 0 Å². The zero-order valence-electron chi connectivity index (χ0n) is 1.09. The zero-order valence-corrected chi connectivity index (χ0v) is 3.64. The van der Waals surface area contributed by atoms with Crippen molar-refractivity contribution in [3.05, 3.63) is 0 Å². The van der Waals surface area contributed by atoms with Crippen molar-refractivity contribution in [2.24, 2.45) is 0 Å². The van der Waals surface area contributed by atoms with Gasteiger partial charge in [0.2, 0.25) is 0 Å². The van der Waals surface area contributed by atoms with E-state index in [1.807, 2.05) is 0 Å². The fraction of sp³-hybridized carbons (Fsp3) is 0. The SMILES string of the molecule is [Cl-].[Cl-].[Co+2].[KH]. The third-order valence-electron chi connectivity index (χ3n) is 0. The van der Waals surface area contributed by atoms with E-state index in [1.54, 1.807) is 0 Å². The molecule has 0 heterocycles. The van der Waals surface area contributed by atoms with Crippen molar-refractivity contribution in [3.63, 3.8) is 0 Å². The molecule has 0 N–H and O–H groups in total. The van der Waals surface area contributed by atoms with Gasteiger partial charge in [-0.2, -0.15) is 0 Å². The van der Waals surface area contributed by atoms with Gasteiger partial charge in [-0.1, -0.05) is 0 Å². The Morgan fingerprint density at radius 1 is 0.750 bits per heavy atom. The Labute approximate surface area is 90.9 Å². The molecule has 0 atom stereocenters. The Hall–Kier alpha value is 2.72. The van der Waals surface area contributed by atoms with E-state index >= 15 is 0 Å². The molecule has 0 unspecified atom stereocenters. The molecule has 0 nitrogen and oxygen atoms in total. The van der Waals surface area contributed by atoms with Gasteiger partial charge < -0.3 is 24.8 Å². The van der Waals surface area contributed by atoms with Crippen molar-refractivity contribution in [2.75, 3.05) is 0 Å². The van der Waals surface area contributed by atoms with Crippen LogP contribution in [0.15, 0.2) is 0 Å². The average Bonchev–Trinajstić information content (AvgIpc) is 0. The van der Waals surface area contributed by atoms with E-state index in [0.29, 0.717) is 0 Å². The molecule has 4 heteroatoms. The maximum atomic E-state index is 0. The molecule has 0 spiro atoms. The molecule has 0 aromatic heterocycles. The molecule has 0 aliphatic carbocycles. The molecular weight excluding hydrogens is 169 g/mol. The van der Waals surface area contributed by atoms with Gasteiger partial charge in [0.25, 0.3) is 0 Å². The molecule has 0 saturated heterocycles. The van der Waals surface area contributed by atoms with E-state index in [9.17, 15) is 0 Å². The van der Waals surface area contributed by atoms with Crippen molar-refractivity contribution in [3.8, 4) is 0 Å². The van der Waals surface area contributed by atoms with Crippen molar-refractivity contribution < 1.29 is 41.6 Å². The van der Waals surface area contributed by atoms with E-state index in [4.69, 9.17) is 0 Å². The Morgan fingerprint density at radius 3 is 0.750 bits per heavy atom. The van der Waals surface area contributed by atoms with Gasteiger partial charge in [-0.25, -0.2) is 0 Å². The second-order valence-corrected chi connectivity index (χ2v) is 0. The minimum absolute atomic E-state index is 0. The van der Waals surface area contributed by atoms with E-state index < -0.39 is 0 Å². The van der Waals surface area contributed by atoms with Gasteiger partial charge in [-0.3, -0.25) is 0 Å². The molecule has 0 bridgehead atoms. The van der Waals surface area contributed by atoms with Crippen LogP contribution in [0.5, 0.6) is 0 Å². The van der Waals surface area contributed by atoms with Crippen molar-refractivity contribution in [1.29, 1.82) is 0 Å². The molecule has 1 radical (unpaired) electrons. The summed E-state index contributed by atoms with van der Waals surface area (Å²) < 4.78 is 0. The summed E-state index contributed by atoms with van der Waals surface area (Å²) in [6, 6.07) is 0. The van der Waals surface area contributed by atoms with Gasteiger partial charge in [0.1, 0.15) is 0 Å². The van der Waals surface area contributed by atoms with Gasteiger partial charge >= 0.3 is 68.2 Å². The van der Waals surface area contributed by atoms with Crippen LogP contribution in [0.3, 0.4) is 0 Å². The predicted molar refractivity (Wildman–Crippen MR) is 7.15 cm³/mol. The van der Waals surface area contributed by atoms with Gasteiger partial charge in [-0.05, 0) is 0 Å². The van der Waals surface area contributed by atoms with Gasteiger partial charge in [0.05, 0.1) is 0 Å². The van der Waals surface area contributed by atoms with Crippen LogP contribution in [0.25, 0.3) is 0 Å². The quantitative estimate of drug-likeness (QED) is 0.317. The zero-order chi connectivity index (χ0) is 0. The van der Waals surface area contributed by atoms with E-state index in [1.165, 1.54) is 0 Å².